The molecule has 0 aliphatic heterocycles. The van der Waals surface area contributed by atoms with Crippen molar-refractivity contribution in [2.24, 2.45) is 0 Å². The largest absolute Gasteiger partial charge is 0.333 e. The van der Waals surface area contributed by atoms with Crippen molar-refractivity contribution >= 4 is 5.91 Å². The molecule has 0 aromatic heterocycles. The molecule has 80 valence electrons. The lowest BCUT2D eigenvalue weighted by molar-refractivity contribution is -0.118. The molecular formula is C12H21NO. The molecule has 0 saturated carbocycles. The Labute approximate surface area is 87.1 Å². The third kappa shape index (κ3) is 7.59. The fourth-order valence-corrected chi connectivity index (χ4v) is 1.18. The van der Waals surface area contributed by atoms with E-state index in [1.165, 1.54) is 32.6 Å². The number of nitrogens with one attached hydrogen (secondary N) is 1. The monoisotopic (exact) mass is 195 g/mol. The molecule has 0 unspecified atom stereocenters. The van der Waals surface area contributed by atoms with E-state index >= 15 is 0 Å². The van der Waals surface area contributed by atoms with E-state index < -0.39 is 0 Å². The van der Waals surface area contributed by atoms with Gasteiger partial charge in [-0.05, 0) is 18.4 Å². The van der Waals surface area contributed by atoms with Gasteiger partial charge in [-0.3, -0.25) is 4.79 Å². The predicted octanol–water partition coefficient (Wildman–Crippen LogP) is 3.16. The van der Waals surface area contributed by atoms with Crippen LogP contribution >= 0.6 is 0 Å². The zero-order valence-electron chi connectivity index (χ0n) is 9.31. The van der Waals surface area contributed by atoms with Gasteiger partial charge in [0.2, 0.25) is 5.91 Å². The Morgan fingerprint density at radius 3 is 2.57 bits per heavy atom. The molecule has 0 aliphatic rings. The lowest BCUT2D eigenvalue weighted by Crippen LogP contribution is -2.12. The van der Waals surface area contributed by atoms with Crippen molar-refractivity contribution in [2.75, 3.05) is 0 Å². The first-order chi connectivity index (χ1) is 6.70. The summed E-state index contributed by atoms with van der Waals surface area (Å²) in [5.41, 5.74) is 1.11. The molecule has 0 heterocycles. The van der Waals surface area contributed by atoms with Crippen LogP contribution in [0.4, 0.5) is 0 Å². The van der Waals surface area contributed by atoms with Crippen LogP contribution in [0.5, 0.6) is 0 Å². The van der Waals surface area contributed by atoms with E-state index in [0.717, 1.165) is 12.0 Å². The summed E-state index contributed by atoms with van der Waals surface area (Å²) in [6.07, 6.45) is 9.52. The quantitative estimate of drug-likeness (QED) is 0.490. The van der Waals surface area contributed by atoms with Crippen molar-refractivity contribution in [3.63, 3.8) is 0 Å². The van der Waals surface area contributed by atoms with E-state index in [4.69, 9.17) is 0 Å². The number of amides is 1. The van der Waals surface area contributed by atoms with Crippen molar-refractivity contribution in [1.82, 2.24) is 5.32 Å². The summed E-state index contributed by atoms with van der Waals surface area (Å²) in [6.45, 7) is 7.42. The van der Waals surface area contributed by atoms with Crippen LogP contribution in [0.1, 0.15) is 46.0 Å². The molecule has 0 aromatic carbocycles. The highest BCUT2D eigenvalue weighted by Gasteiger charge is 1.93. The van der Waals surface area contributed by atoms with Crippen molar-refractivity contribution in [2.45, 2.75) is 46.0 Å². The highest BCUT2D eigenvalue weighted by molar-refractivity contribution is 5.74. The summed E-state index contributed by atoms with van der Waals surface area (Å²) in [7, 11) is 0. The van der Waals surface area contributed by atoms with Gasteiger partial charge in [-0.15, -0.1) is 0 Å². The van der Waals surface area contributed by atoms with Gasteiger partial charge in [-0.25, -0.2) is 0 Å². The summed E-state index contributed by atoms with van der Waals surface area (Å²) in [6, 6.07) is 0. The van der Waals surface area contributed by atoms with Crippen LogP contribution in [0.2, 0.25) is 0 Å². The lowest BCUT2D eigenvalue weighted by atomic mass is 10.1. The van der Waals surface area contributed by atoms with Gasteiger partial charge in [0.1, 0.15) is 0 Å². The topological polar surface area (TPSA) is 29.1 Å². The molecule has 0 bridgehead atoms. The van der Waals surface area contributed by atoms with Crippen LogP contribution < -0.4 is 5.32 Å². The van der Waals surface area contributed by atoms with Crippen LogP contribution in [-0.4, -0.2) is 5.91 Å². The van der Waals surface area contributed by atoms with Gasteiger partial charge in [0, 0.05) is 13.1 Å². The zero-order chi connectivity index (χ0) is 10.8. The Morgan fingerprint density at radius 2 is 2.07 bits per heavy atom. The van der Waals surface area contributed by atoms with E-state index in [0.29, 0.717) is 0 Å². The van der Waals surface area contributed by atoms with Gasteiger partial charge in [0.05, 0.1) is 0 Å². The standard InChI is InChI=1S/C12H21NO/c1-4-6-7-8-9-12(5-2)10-13-11(3)14/h5,10H,2,4,6-9H2,1,3H3,(H,13,14). The highest BCUT2D eigenvalue weighted by Crippen LogP contribution is 2.09. The maximum atomic E-state index is 10.7. The van der Waals surface area contributed by atoms with E-state index in [-0.39, 0.29) is 5.91 Å². The average molecular weight is 195 g/mol. The maximum absolute atomic E-state index is 10.7. The van der Waals surface area contributed by atoms with Gasteiger partial charge in [-0.2, -0.15) is 0 Å². The summed E-state index contributed by atoms with van der Waals surface area (Å²) < 4.78 is 0. The minimum Gasteiger partial charge on any atom is -0.333 e. The summed E-state index contributed by atoms with van der Waals surface area (Å²) >= 11 is 0. The van der Waals surface area contributed by atoms with Gasteiger partial charge in [-0.1, -0.05) is 38.8 Å². The Balaban J connectivity index is 3.72. The first-order valence-electron chi connectivity index (χ1n) is 5.29. The zero-order valence-corrected chi connectivity index (χ0v) is 9.31. The molecule has 14 heavy (non-hydrogen) atoms. The highest BCUT2D eigenvalue weighted by atomic mass is 16.1. The van der Waals surface area contributed by atoms with Crippen molar-refractivity contribution in [3.05, 3.63) is 24.4 Å². The Morgan fingerprint density at radius 1 is 1.36 bits per heavy atom. The van der Waals surface area contributed by atoms with Crippen LogP contribution in [-0.2, 0) is 4.79 Å². The molecule has 0 spiro atoms. The number of carbonyl (C=O) groups excluding carboxylic acids is 1. The number of hydrogen-bond donors (Lipinski definition) is 1. The van der Waals surface area contributed by atoms with Crippen LogP contribution in [0, 0.1) is 0 Å². The van der Waals surface area contributed by atoms with E-state index in [1.54, 1.807) is 6.20 Å². The number of unbranched alkanes of at least 4 members (excludes halogenated alkanes) is 3. The third-order valence-corrected chi connectivity index (χ3v) is 2.04. The fourth-order valence-electron chi connectivity index (χ4n) is 1.18. The molecule has 0 atom stereocenters. The summed E-state index contributed by atoms with van der Waals surface area (Å²) in [5, 5.41) is 2.67. The second-order valence-corrected chi connectivity index (χ2v) is 3.43. The van der Waals surface area contributed by atoms with E-state index in [1.807, 2.05) is 6.08 Å². The van der Waals surface area contributed by atoms with Gasteiger partial charge < -0.3 is 5.32 Å². The van der Waals surface area contributed by atoms with Crippen molar-refractivity contribution in [3.8, 4) is 0 Å². The predicted molar refractivity (Wildman–Crippen MR) is 60.9 cm³/mol. The maximum Gasteiger partial charge on any atom is 0.220 e. The number of rotatable bonds is 7. The van der Waals surface area contributed by atoms with Crippen molar-refractivity contribution < 1.29 is 4.79 Å². The molecular weight excluding hydrogens is 174 g/mol. The first-order valence-corrected chi connectivity index (χ1v) is 5.29. The number of hydrogen-bond acceptors (Lipinski definition) is 1. The smallest absolute Gasteiger partial charge is 0.220 e. The first kappa shape index (κ1) is 12.9. The van der Waals surface area contributed by atoms with Crippen LogP contribution in [0.3, 0.4) is 0 Å². The summed E-state index contributed by atoms with van der Waals surface area (Å²) in [5.74, 6) is -0.0297. The molecule has 2 heteroatoms. The van der Waals surface area contributed by atoms with Gasteiger partial charge >= 0.3 is 0 Å². The third-order valence-electron chi connectivity index (χ3n) is 2.04. The van der Waals surface area contributed by atoms with E-state index in [9.17, 15) is 4.79 Å². The minimum absolute atomic E-state index is 0.0297. The van der Waals surface area contributed by atoms with Gasteiger partial charge in [0.15, 0.2) is 0 Å². The SMILES string of the molecule is C=CC(=CNC(C)=O)CCCCCC. The fraction of sp³-hybridized carbons (Fsp3) is 0.583. The average Bonchev–Trinajstić information content (AvgIpc) is 2.16. The lowest BCUT2D eigenvalue weighted by Gasteiger charge is -2.02. The molecule has 0 aromatic rings. The molecule has 2 nitrogen and oxygen atoms in total. The molecule has 0 rings (SSSR count). The van der Waals surface area contributed by atoms with E-state index in [2.05, 4.69) is 18.8 Å². The number of carbonyl (C=O) groups is 1. The van der Waals surface area contributed by atoms with Crippen LogP contribution in [0.25, 0.3) is 0 Å². The molecule has 0 aliphatic carbocycles. The normalized spacial score (nSPS) is 11.1. The van der Waals surface area contributed by atoms with Gasteiger partial charge in [0.25, 0.3) is 0 Å². The van der Waals surface area contributed by atoms with Crippen LogP contribution in [0.15, 0.2) is 24.4 Å². The van der Waals surface area contributed by atoms with Crippen molar-refractivity contribution in [1.29, 1.82) is 0 Å². The Bertz CT molecular complexity index is 206. The molecule has 0 radical (unpaired) electrons. The molecule has 0 saturated heterocycles. The Kier molecular flexibility index (Phi) is 7.90. The molecule has 1 amide bonds. The molecule has 0 fully saturated rings. The second kappa shape index (κ2) is 8.54. The second-order valence-electron chi connectivity index (χ2n) is 3.43. The Hall–Kier alpha value is -1.05. The molecule has 1 N–H and O–H groups in total. The minimum atomic E-state index is -0.0297. The number of allylic oxidation sites excluding steroid dienone is 2. The summed E-state index contributed by atoms with van der Waals surface area (Å²) in [4.78, 5) is 10.7.